The SMILES string of the molecule is COc1c(C)cnc(CNC(C)C2CCOC2)c1C. The molecule has 1 aromatic heterocycles. The predicted molar refractivity (Wildman–Crippen MR) is 75.5 cm³/mol. The number of aromatic nitrogens is 1. The predicted octanol–water partition coefficient (Wildman–Crippen LogP) is 2.22. The van der Waals surface area contributed by atoms with Crippen LogP contribution in [0, 0.1) is 19.8 Å². The van der Waals surface area contributed by atoms with Crippen LogP contribution in [0.2, 0.25) is 0 Å². The van der Waals surface area contributed by atoms with Crippen LogP contribution in [0.5, 0.6) is 5.75 Å². The van der Waals surface area contributed by atoms with Crippen LogP contribution >= 0.6 is 0 Å². The summed E-state index contributed by atoms with van der Waals surface area (Å²) in [5, 5.41) is 3.55. The van der Waals surface area contributed by atoms with Gasteiger partial charge in [-0.2, -0.15) is 0 Å². The van der Waals surface area contributed by atoms with Gasteiger partial charge >= 0.3 is 0 Å². The topological polar surface area (TPSA) is 43.4 Å². The molecule has 2 atom stereocenters. The number of hydrogen-bond acceptors (Lipinski definition) is 4. The molecule has 0 amide bonds. The van der Waals surface area contributed by atoms with Gasteiger partial charge in [-0.05, 0) is 33.1 Å². The Labute approximate surface area is 115 Å². The smallest absolute Gasteiger partial charge is 0.128 e. The highest BCUT2D eigenvalue weighted by molar-refractivity contribution is 5.40. The first-order chi connectivity index (χ1) is 9.13. The Kier molecular flexibility index (Phi) is 4.77. The molecular formula is C15H24N2O2. The number of nitrogens with one attached hydrogen (secondary N) is 1. The van der Waals surface area contributed by atoms with Crippen LogP contribution in [-0.4, -0.2) is 31.3 Å². The van der Waals surface area contributed by atoms with Gasteiger partial charge in [-0.15, -0.1) is 0 Å². The van der Waals surface area contributed by atoms with Crippen molar-refractivity contribution < 1.29 is 9.47 Å². The van der Waals surface area contributed by atoms with Crippen LogP contribution in [0.1, 0.15) is 30.2 Å². The second kappa shape index (κ2) is 6.35. The number of methoxy groups -OCH3 is 1. The average molecular weight is 264 g/mol. The Bertz CT molecular complexity index is 428. The van der Waals surface area contributed by atoms with Crippen molar-refractivity contribution in [3.05, 3.63) is 23.0 Å². The molecule has 19 heavy (non-hydrogen) atoms. The molecule has 0 aromatic carbocycles. The highest BCUT2D eigenvalue weighted by Crippen LogP contribution is 2.24. The molecule has 0 saturated carbocycles. The number of pyridine rings is 1. The number of nitrogens with zero attached hydrogens (tertiary/aromatic N) is 1. The molecule has 1 aliphatic heterocycles. The van der Waals surface area contributed by atoms with Crippen molar-refractivity contribution in [2.24, 2.45) is 5.92 Å². The van der Waals surface area contributed by atoms with Crippen LogP contribution in [-0.2, 0) is 11.3 Å². The maximum Gasteiger partial charge on any atom is 0.128 e. The lowest BCUT2D eigenvalue weighted by Gasteiger charge is -2.20. The summed E-state index contributed by atoms with van der Waals surface area (Å²) in [5.41, 5.74) is 3.28. The van der Waals surface area contributed by atoms with Crippen LogP contribution in [0.4, 0.5) is 0 Å². The molecule has 4 heteroatoms. The van der Waals surface area contributed by atoms with Crippen molar-refractivity contribution in [3.63, 3.8) is 0 Å². The monoisotopic (exact) mass is 264 g/mol. The first-order valence-electron chi connectivity index (χ1n) is 6.93. The summed E-state index contributed by atoms with van der Waals surface area (Å²) in [5.74, 6) is 1.57. The molecule has 2 heterocycles. The number of rotatable bonds is 5. The first kappa shape index (κ1) is 14.3. The maximum atomic E-state index is 5.44. The molecule has 106 valence electrons. The molecule has 0 bridgehead atoms. The van der Waals surface area contributed by atoms with E-state index < -0.39 is 0 Å². The van der Waals surface area contributed by atoms with Crippen molar-refractivity contribution in [2.75, 3.05) is 20.3 Å². The number of hydrogen-bond donors (Lipinski definition) is 1. The standard InChI is InChI=1S/C15H24N2O2/c1-10-7-17-14(11(2)15(10)18-4)8-16-12(3)13-5-6-19-9-13/h7,12-13,16H,5-6,8-9H2,1-4H3. The van der Waals surface area contributed by atoms with Crippen LogP contribution in [0.15, 0.2) is 6.20 Å². The van der Waals surface area contributed by atoms with Gasteiger partial charge in [-0.3, -0.25) is 4.98 Å². The molecule has 2 rings (SSSR count). The molecule has 0 spiro atoms. The van der Waals surface area contributed by atoms with Gasteiger partial charge in [0, 0.05) is 36.5 Å². The third-order valence-corrected chi connectivity index (χ3v) is 4.01. The summed E-state index contributed by atoms with van der Waals surface area (Å²) in [7, 11) is 1.71. The van der Waals surface area contributed by atoms with Gasteiger partial charge in [0.05, 0.1) is 19.4 Å². The highest BCUT2D eigenvalue weighted by atomic mass is 16.5. The van der Waals surface area contributed by atoms with E-state index in [1.165, 1.54) is 0 Å². The van der Waals surface area contributed by atoms with Gasteiger partial charge < -0.3 is 14.8 Å². The van der Waals surface area contributed by atoms with Gasteiger partial charge in [0.2, 0.25) is 0 Å². The van der Waals surface area contributed by atoms with E-state index in [1.807, 2.05) is 13.1 Å². The zero-order valence-corrected chi connectivity index (χ0v) is 12.3. The average Bonchev–Trinajstić information content (AvgIpc) is 2.92. The van der Waals surface area contributed by atoms with Crippen molar-refractivity contribution >= 4 is 0 Å². The van der Waals surface area contributed by atoms with E-state index in [2.05, 4.69) is 24.1 Å². The molecule has 1 N–H and O–H groups in total. The van der Waals surface area contributed by atoms with Gasteiger partial charge in [-0.1, -0.05) is 0 Å². The molecule has 1 aliphatic rings. The highest BCUT2D eigenvalue weighted by Gasteiger charge is 2.22. The Morgan fingerprint density at radius 3 is 2.95 bits per heavy atom. The summed E-state index contributed by atoms with van der Waals surface area (Å²) in [6.07, 6.45) is 3.03. The van der Waals surface area contributed by atoms with E-state index in [0.29, 0.717) is 12.0 Å². The van der Waals surface area contributed by atoms with Crippen molar-refractivity contribution in [3.8, 4) is 5.75 Å². The summed E-state index contributed by atoms with van der Waals surface area (Å²) in [6.45, 7) is 8.86. The van der Waals surface area contributed by atoms with Gasteiger partial charge in [-0.25, -0.2) is 0 Å². The van der Waals surface area contributed by atoms with Gasteiger partial charge in [0.1, 0.15) is 5.75 Å². The zero-order valence-electron chi connectivity index (χ0n) is 12.3. The van der Waals surface area contributed by atoms with Gasteiger partial charge in [0.25, 0.3) is 0 Å². The number of aryl methyl sites for hydroxylation is 1. The van der Waals surface area contributed by atoms with Crippen molar-refractivity contribution in [1.82, 2.24) is 10.3 Å². The minimum atomic E-state index is 0.455. The van der Waals surface area contributed by atoms with Crippen LogP contribution in [0.3, 0.4) is 0 Å². The lowest BCUT2D eigenvalue weighted by molar-refractivity contribution is 0.178. The third kappa shape index (κ3) is 3.25. The molecule has 4 nitrogen and oxygen atoms in total. The normalized spacial score (nSPS) is 20.5. The maximum absolute atomic E-state index is 5.44. The molecule has 1 saturated heterocycles. The Morgan fingerprint density at radius 2 is 2.32 bits per heavy atom. The van der Waals surface area contributed by atoms with E-state index >= 15 is 0 Å². The molecule has 0 radical (unpaired) electrons. The summed E-state index contributed by atoms with van der Waals surface area (Å²) in [6, 6.07) is 0.455. The molecular weight excluding hydrogens is 240 g/mol. The second-order valence-electron chi connectivity index (χ2n) is 5.34. The lowest BCUT2D eigenvalue weighted by atomic mass is 10.0. The van der Waals surface area contributed by atoms with E-state index in [9.17, 15) is 0 Å². The van der Waals surface area contributed by atoms with Crippen molar-refractivity contribution in [1.29, 1.82) is 0 Å². The largest absolute Gasteiger partial charge is 0.496 e. The Hall–Kier alpha value is -1.13. The minimum absolute atomic E-state index is 0.455. The fourth-order valence-electron chi connectivity index (χ4n) is 2.62. The molecule has 1 aromatic rings. The van der Waals surface area contributed by atoms with E-state index in [4.69, 9.17) is 9.47 Å². The van der Waals surface area contributed by atoms with E-state index in [1.54, 1.807) is 7.11 Å². The Balaban J connectivity index is 1.99. The zero-order chi connectivity index (χ0) is 13.8. The second-order valence-corrected chi connectivity index (χ2v) is 5.34. The summed E-state index contributed by atoms with van der Waals surface area (Å²) >= 11 is 0. The molecule has 2 unspecified atom stereocenters. The third-order valence-electron chi connectivity index (χ3n) is 4.01. The minimum Gasteiger partial charge on any atom is -0.496 e. The van der Waals surface area contributed by atoms with Crippen molar-refractivity contribution in [2.45, 2.75) is 39.8 Å². The fraction of sp³-hybridized carbons (Fsp3) is 0.667. The van der Waals surface area contributed by atoms with Crippen LogP contribution in [0.25, 0.3) is 0 Å². The van der Waals surface area contributed by atoms with E-state index in [-0.39, 0.29) is 0 Å². The fourth-order valence-corrected chi connectivity index (χ4v) is 2.62. The molecule has 0 aliphatic carbocycles. The van der Waals surface area contributed by atoms with E-state index in [0.717, 1.165) is 48.7 Å². The van der Waals surface area contributed by atoms with Crippen LogP contribution < -0.4 is 10.1 Å². The first-order valence-corrected chi connectivity index (χ1v) is 6.93. The van der Waals surface area contributed by atoms with Gasteiger partial charge in [0.15, 0.2) is 0 Å². The lowest BCUT2D eigenvalue weighted by Crippen LogP contribution is -2.33. The Morgan fingerprint density at radius 1 is 1.53 bits per heavy atom. The quantitative estimate of drug-likeness (QED) is 0.885. The molecule has 1 fully saturated rings. The summed E-state index contributed by atoms with van der Waals surface area (Å²) in [4.78, 5) is 4.51. The number of ether oxygens (including phenoxy) is 2. The summed E-state index contributed by atoms with van der Waals surface area (Å²) < 4.78 is 10.9.